The molecule has 0 saturated heterocycles. The van der Waals surface area contributed by atoms with Crippen LogP contribution in [0.25, 0.3) is 11.5 Å². The van der Waals surface area contributed by atoms with Gasteiger partial charge in [0.2, 0.25) is 5.91 Å². The molecular formula is C19H16BrN7O. The normalized spacial score (nSPS) is 16.2. The van der Waals surface area contributed by atoms with Crippen molar-refractivity contribution in [1.82, 2.24) is 29.6 Å². The van der Waals surface area contributed by atoms with Crippen molar-refractivity contribution >= 4 is 33.3 Å². The van der Waals surface area contributed by atoms with Crippen molar-refractivity contribution in [2.75, 3.05) is 5.32 Å². The minimum atomic E-state index is -0.0598. The van der Waals surface area contributed by atoms with Crippen LogP contribution < -0.4 is 5.32 Å². The van der Waals surface area contributed by atoms with E-state index in [0.717, 1.165) is 21.3 Å². The molecule has 1 atom stereocenters. The van der Waals surface area contributed by atoms with E-state index in [-0.39, 0.29) is 11.8 Å². The van der Waals surface area contributed by atoms with Crippen LogP contribution >= 0.6 is 15.9 Å². The number of hydrogen-bond acceptors (Lipinski definition) is 5. The Kier molecular flexibility index (Phi) is 3.80. The molecule has 5 rings (SSSR count). The lowest BCUT2D eigenvalue weighted by atomic mass is 9.86. The van der Waals surface area contributed by atoms with Gasteiger partial charge in [0.05, 0.1) is 5.69 Å². The second kappa shape index (κ2) is 6.23. The topological polar surface area (TPSA) is 90.0 Å². The highest BCUT2D eigenvalue weighted by molar-refractivity contribution is 9.10. The Hall–Kier alpha value is -3.07. The molecule has 1 aromatic carbocycles. The summed E-state index contributed by atoms with van der Waals surface area (Å²) in [7, 11) is 0. The van der Waals surface area contributed by atoms with Gasteiger partial charge in [-0.15, -0.1) is 15.3 Å². The fourth-order valence-electron chi connectivity index (χ4n) is 3.72. The van der Waals surface area contributed by atoms with Crippen LogP contribution in [-0.4, -0.2) is 35.5 Å². The highest BCUT2D eigenvalue weighted by Crippen LogP contribution is 2.40. The zero-order chi connectivity index (χ0) is 19.4. The summed E-state index contributed by atoms with van der Waals surface area (Å²) >= 11 is 3.52. The third-order valence-electron chi connectivity index (χ3n) is 4.98. The molecule has 1 aliphatic heterocycles. The number of nitrogens with zero attached hydrogens (tertiary/aromatic N) is 6. The molecule has 4 heterocycles. The van der Waals surface area contributed by atoms with Gasteiger partial charge in [0.15, 0.2) is 17.3 Å². The number of benzene rings is 1. The zero-order valence-electron chi connectivity index (χ0n) is 15.2. The fraction of sp³-hybridized carbons (Fsp3) is 0.211. The van der Waals surface area contributed by atoms with Gasteiger partial charge in [-0.3, -0.25) is 4.79 Å². The van der Waals surface area contributed by atoms with Gasteiger partial charge in [0, 0.05) is 22.4 Å². The first-order valence-corrected chi connectivity index (χ1v) is 9.65. The van der Waals surface area contributed by atoms with Crippen LogP contribution in [0.3, 0.4) is 0 Å². The van der Waals surface area contributed by atoms with Crippen LogP contribution in [0, 0.1) is 13.8 Å². The number of aromatic nitrogens is 6. The fourth-order valence-corrected chi connectivity index (χ4v) is 4.14. The van der Waals surface area contributed by atoms with E-state index < -0.39 is 0 Å². The molecule has 0 fully saturated rings. The van der Waals surface area contributed by atoms with Gasteiger partial charge in [-0.05, 0) is 43.7 Å². The maximum Gasteiger partial charge on any atom is 0.226 e. The van der Waals surface area contributed by atoms with E-state index in [1.54, 1.807) is 9.20 Å². The van der Waals surface area contributed by atoms with Crippen LogP contribution in [0.2, 0.25) is 0 Å². The molecule has 9 heteroatoms. The Morgan fingerprint density at radius 2 is 2.00 bits per heavy atom. The Morgan fingerprint density at radius 1 is 1.14 bits per heavy atom. The molecule has 0 radical (unpaired) electrons. The molecule has 4 aromatic rings. The summed E-state index contributed by atoms with van der Waals surface area (Å²) in [5.41, 5.74) is 3.61. The van der Waals surface area contributed by atoms with Crippen molar-refractivity contribution in [3.8, 4) is 5.82 Å². The number of rotatable bonds is 2. The van der Waals surface area contributed by atoms with E-state index in [1.807, 2.05) is 44.2 Å². The highest BCUT2D eigenvalue weighted by Gasteiger charge is 2.33. The summed E-state index contributed by atoms with van der Waals surface area (Å²) in [4.78, 5) is 12.5. The SMILES string of the molecule is Cc1nn(-c2ccc3nnc(C)n3n2)c2c1[C@@H](c1cccc(Br)c1)CC(=O)N2. The number of fused-ring (bicyclic) bond motifs is 2. The number of aryl methyl sites for hydroxylation is 2. The quantitative estimate of drug-likeness (QED) is 0.519. The minimum absolute atomic E-state index is 0.0415. The molecule has 28 heavy (non-hydrogen) atoms. The number of halogens is 1. The number of anilines is 1. The molecule has 0 unspecified atom stereocenters. The van der Waals surface area contributed by atoms with E-state index in [1.165, 1.54) is 0 Å². The molecule has 0 bridgehead atoms. The second-order valence-electron chi connectivity index (χ2n) is 6.83. The largest absolute Gasteiger partial charge is 0.310 e. The second-order valence-corrected chi connectivity index (χ2v) is 7.74. The van der Waals surface area contributed by atoms with Gasteiger partial charge in [0.25, 0.3) is 0 Å². The maximum atomic E-state index is 12.5. The van der Waals surface area contributed by atoms with Crippen molar-refractivity contribution in [2.45, 2.75) is 26.2 Å². The van der Waals surface area contributed by atoms with Gasteiger partial charge in [-0.2, -0.15) is 14.3 Å². The first-order valence-electron chi connectivity index (χ1n) is 8.85. The lowest BCUT2D eigenvalue weighted by Gasteiger charge is -2.24. The van der Waals surface area contributed by atoms with Gasteiger partial charge in [0.1, 0.15) is 5.82 Å². The Morgan fingerprint density at radius 3 is 2.82 bits per heavy atom. The molecule has 3 aromatic heterocycles. The number of amides is 1. The summed E-state index contributed by atoms with van der Waals surface area (Å²) in [5, 5.41) is 20.4. The van der Waals surface area contributed by atoms with Gasteiger partial charge in [-0.1, -0.05) is 28.1 Å². The van der Waals surface area contributed by atoms with Crippen molar-refractivity contribution in [3.63, 3.8) is 0 Å². The third-order valence-corrected chi connectivity index (χ3v) is 5.47. The number of carbonyl (C=O) groups is 1. The molecule has 1 amide bonds. The summed E-state index contributed by atoms with van der Waals surface area (Å²) < 4.78 is 4.33. The van der Waals surface area contributed by atoms with Crippen LogP contribution in [0.1, 0.15) is 35.0 Å². The van der Waals surface area contributed by atoms with Gasteiger partial charge < -0.3 is 5.32 Å². The maximum absolute atomic E-state index is 12.5. The Labute approximate surface area is 168 Å². The van der Waals surface area contributed by atoms with Gasteiger partial charge in [-0.25, -0.2) is 0 Å². The predicted octanol–water partition coefficient (Wildman–Crippen LogP) is 3.16. The van der Waals surface area contributed by atoms with E-state index in [0.29, 0.717) is 29.5 Å². The number of hydrogen-bond donors (Lipinski definition) is 1. The first kappa shape index (κ1) is 17.1. The Bertz CT molecular complexity index is 1240. The molecule has 1 aliphatic rings. The van der Waals surface area contributed by atoms with Crippen LogP contribution in [-0.2, 0) is 4.79 Å². The predicted molar refractivity (Wildman–Crippen MR) is 107 cm³/mol. The third kappa shape index (κ3) is 2.62. The summed E-state index contributed by atoms with van der Waals surface area (Å²) in [6, 6.07) is 11.7. The Balaban J connectivity index is 1.69. The molecule has 140 valence electrons. The summed E-state index contributed by atoms with van der Waals surface area (Å²) in [6.45, 7) is 3.80. The standard InChI is InChI=1S/C19H16BrN7O/c1-10-18-14(12-4-3-5-13(20)8-12)9-17(28)21-19(18)27(24-10)16-7-6-15-23-22-11(2)26(15)25-16/h3-8,14H,9H2,1-2H3,(H,21,28)/t14-/m1/s1. The summed E-state index contributed by atoms with van der Waals surface area (Å²) in [5.74, 6) is 1.84. The van der Waals surface area contributed by atoms with E-state index in [2.05, 4.69) is 47.7 Å². The highest BCUT2D eigenvalue weighted by atomic mass is 79.9. The van der Waals surface area contributed by atoms with E-state index in [4.69, 9.17) is 0 Å². The molecule has 8 nitrogen and oxygen atoms in total. The first-order chi connectivity index (χ1) is 13.5. The monoisotopic (exact) mass is 437 g/mol. The molecule has 0 aliphatic carbocycles. The molecule has 1 N–H and O–H groups in total. The summed E-state index contributed by atoms with van der Waals surface area (Å²) in [6.07, 6.45) is 0.382. The van der Waals surface area contributed by atoms with Gasteiger partial charge >= 0.3 is 0 Å². The lowest BCUT2D eigenvalue weighted by molar-refractivity contribution is -0.116. The average molecular weight is 438 g/mol. The molecular weight excluding hydrogens is 422 g/mol. The van der Waals surface area contributed by atoms with Crippen LogP contribution in [0.15, 0.2) is 40.9 Å². The molecule has 0 saturated carbocycles. The smallest absolute Gasteiger partial charge is 0.226 e. The van der Waals surface area contributed by atoms with Crippen molar-refractivity contribution in [1.29, 1.82) is 0 Å². The number of nitrogens with one attached hydrogen (secondary N) is 1. The van der Waals surface area contributed by atoms with Crippen molar-refractivity contribution in [3.05, 3.63) is 63.5 Å². The minimum Gasteiger partial charge on any atom is -0.310 e. The van der Waals surface area contributed by atoms with E-state index >= 15 is 0 Å². The number of carbonyl (C=O) groups excluding carboxylic acids is 1. The zero-order valence-corrected chi connectivity index (χ0v) is 16.8. The van der Waals surface area contributed by atoms with E-state index in [9.17, 15) is 4.79 Å². The lowest BCUT2D eigenvalue weighted by Crippen LogP contribution is -2.25. The average Bonchev–Trinajstić information content (AvgIpc) is 3.21. The van der Waals surface area contributed by atoms with Crippen molar-refractivity contribution < 1.29 is 4.79 Å². The van der Waals surface area contributed by atoms with Crippen LogP contribution in [0.4, 0.5) is 5.82 Å². The van der Waals surface area contributed by atoms with Crippen LogP contribution in [0.5, 0.6) is 0 Å². The van der Waals surface area contributed by atoms with Crippen molar-refractivity contribution in [2.24, 2.45) is 0 Å². The molecule has 0 spiro atoms.